The molecular formula is C19H24FN3O. The number of halogens is 1. The molecule has 1 saturated carbocycles. The van der Waals surface area contributed by atoms with Gasteiger partial charge in [-0.25, -0.2) is 4.39 Å². The number of H-pyrrole nitrogens is 1. The number of hydrogen-bond acceptors (Lipinski definition) is 3. The minimum absolute atomic E-state index is 0.0953. The van der Waals surface area contributed by atoms with Gasteiger partial charge < -0.3 is 5.11 Å². The Bertz CT molecular complexity index is 699. The van der Waals surface area contributed by atoms with Crippen molar-refractivity contribution in [2.75, 3.05) is 13.1 Å². The van der Waals surface area contributed by atoms with Crippen molar-refractivity contribution < 1.29 is 9.50 Å². The van der Waals surface area contributed by atoms with E-state index in [4.69, 9.17) is 0 Å². The van der Waals surface area contributed by atoms with Crippen molar-refractivity contribution in [3.05, 3.63) is 41.8 Å². The summed E-state index contributed by atoms with van der Waals surface area (Å²) >= 11 is 0. The predicted octanol–water partition coefficient (Wildman–Crippen LogP) is 3.34. The van der Waals surface area contributed by atoms with Crippen molar-refractivity contribution in [2.45, 2.75) is 44.8 Å². The van der Waals surface area contributed by atoms with Crippen molar-refractivity contribution in [3.8, 4) is 11.3 Å². The number of benzene rings is 1. The molecule has 24 heavy (non-hydrogen) atoms. The molecule has 0 radical (unpaired) electrons. The number of rotatable bonds is 3. The number of aromatic nitrogens is 2. The van der Waals surface area contributed by atoms with Crippen molar-refractivity contribution in [3.63, 3.8) is 0 Å². The van der Waals surface area contributed by atoms with Gasteiger partial charge in [0.1, 0.15) is 5.82 Å². The lowest BCUT2D eigenvalue weighted by atomic mass is 9.76. The molecule has 1 spiro atoms. The van der Waals surface area contributed by atoms with Crippen LogP contribution in [-0.2, 0) is 6.54 Å². The van der Waals surface area contributed by atoms with Gasteiger partial charge in [0.15, 0.2) is 0 Å². The zero-order chi connectivity index (χ0) is 16.6. The van der Waals surface area contributed by atoms with E-state index in [1.54, 1.807) is 12.1 Å². The Morgan fingerprint density at radius 2 is 2.04 bits per heavy atom. The topological polar surface area (TPSA) is 52.1 Å². The van der Waals surface area contributed by atoms with E-state index >= 15 is 0 Å². The number of nitrogens with one attached hydrogen (secondary N) is 1. The van der Waals surface area contributed by atoms with Crippen LogP contribution in [0, 0.1) is 11.2 Å². The van der Waals surface area contributed by atoms with Gasteiger partial charge in [0, 0.05) is 29.6 Å². The second kappa shape index (κ2) is 6.30. The summed E-state index contributed by atoms with van der Waals surface area (Å²) in [4.78, 5) is 2.44. The molecule has 5 heteroatoms. The summed E-state index contributed by atoms with van der Waals surface area (Å²) in [7, 11) is 0. The lowest BCUT2D eigenvalue weighted by Crippen LogP contribution is -2.46. The monoisotopic (exact) mass is 329 g/mol. The molecule has 2 aliphatic rings. The highest BCUT2D eigenvalue weighted by Crippen LogP contribution is 2.45. The molecule has 1 aromatic carbocycles. The molecule has 2 N–H and O–H groups in total. The van der Waals surface area contributed by atoms with Crippen molar-refractivity contribution in [1.29, 1.82) is 0 Å². The first-order valence-electron chi connectivity index (χ1n) is 8.85. The van der Waals surface area contributed by atoms with E-state index < -0.39 is 0 Å². The highest BCUT2D eigenvalue weighted by molar-refractivity contribution is 5.62. The smallest absolute Gasteiger partial charge is 0.123 e. The zero-order valence-corrected chi connectivity index (χ0v) is 13.8. The largest absolute Gasteiger partial charge is 0.393 e. The zero-order valence-electron chi connectivity index (χ0n) is 13.8. The summed E-state index contributed by atoms with van der Waals surface area (Å²) in [5, 5.41) is 17.7. The van der Waals surface area contributed by atoms with Gasteiger partial charge in [-0.1, -0.05) is 6.42 Å². The second-order valence-electron chi connectivity index (χ2n) is 7.36. The van der Waals surface area contributed by atoms with Crippen LogP contribution in [0.5, 0.6) is 0 Å². The van der Waals surface area contributed by atoms with E-state index in [0.29, 0.717) is 0 Å². The highest BCUT2D eigenvalue weighted by Gasteiger charge is 2.44. The van der Waals surface area contributed by atoms with E-state index in [0.717, 1.165) is 68.6 Å². The lowest BCUT2D eigenvalue weighted by molar-refractivity contribution is -0.0119. The Kier molecular flexibility index (Phi) is 4.14. The van der Waals surface area contributed by atoms with Crippen LogP contribution >= 0.6 is 0 Å². The number of hydrogen-bond donors (Lipinski definition) is 2. The SMILES string of the molecule is O[C@@H]1CCC[C@@]12CCCN(Cc1cn[nH]c1-c1ccc(F)cc1)C2. The maximum absolute atomic E-state index is 13.1. The van der Waals surface area contributed by atoms with Gasteiger partial charge in [-0.3, -0.25) is 10.00 Å². The summed E-state index contributed by atoms with van der Waals surface area (Å²) in [6.07, 6.45) is 7.22. The number of likely N-dealkylation sites (tertiary alicyclic amines) is 1. The van der Waals surface area contributed by atoms with Crippen LogP contribution in [0.1, 0.15) is 37.7 Å². The van der Waals surface area contributed by atoms with Gasteiger partial charge in [0.05, 0.1) is 18.0 Å². The Labute approximate surface area is 141 Å². The van der Waals surface area contributed by atoms with Gasteiger partial charge >= 0.3 is 0 Å². The lowest BCUT2D eigenvalue weighted by Gasteiger charge is -2.42. The Morgan fingerprint density at radius 3 is 2.79 bits per heavy atom. The number of aliphatic hydroxyl groups is 1. The maximum Gasteiger partial charge on any atom is 0.123 e. The summed E-state index contributed by atoms with van der Waals surface area (Å²) in [5.74, 6) is -0.229. The summed E-state index contributed by atoms with van der Waals surface area (Å²) in [6, 6.07) is 6.52. The minimum Gasteiger partial charge on any atom is -0.393 e. The van der Waals surface area contributed by atoms with Crippen molar-refractivity contribution in [1.82, 2.24) is 15.1 Å². The molecule has 2 aromatic rings. The van der Waals surface area contributed by atoms with E-state index in [9.17, 15) is 9.50 Å². The van der Waals surface area contributed by atoms with Crippen LogP contribution < -0.4 is 0 Å². The van der Waals surface area contributed by atoms with Crippen LogP contribution in [0.2, 0.25) is 0 Å². The summed E-state index contributed by atoms with van der Waals surface area (Å²) in [5.41, 5.74) is 3.14. The number of aliphatic hydroxyl groups excluding tert-OH is 1. The average molecular weight is 329 g/mol. The third-order valence-corrected chi connectivity index (χ3v) is 5.79. The molecule has 1 aliphatic carbocycles. The second-order valence-corrected chi connectivity index (χ2v) is 7.36. The quantitative estimate of drug-likeness (QED) is 0.908. The van der Waals surface area contributed by atoms with Gasteiger partial charge in [-0.15, -0.1) is 0 Å². The van der Waals surface area contributed by atoms with Gasteiger partial charge in [-0.05, 0) is 56.5 Å². The van der Waals surface area contributed by atoms with E-state index in [2.05, 4.69) is 15.1 Å². The number of nitrogens with zero attached hydrogens (tertiary/aromatic N) is 2. The molecule has 4 nitrogen and oxygen atoms in total. The standard InChI is InChI=1S/C19H24FN3O/c20-16-6-4-14(5-7-16)18-15(11-21-22-18)12-23-10-2-9-19(13-23)8-1-3-17(19)24/h4-7,11,17,24H,1-3,8-10,12-13H2,(H,21,22)/t17-,19+/m1/s1. The first-order chi connectivity index (χ1) is 11.7. The Balaban J connectivity index is 1.52. The minimum atomic E-state index is -0.229. The fraction of sp³-hybridized carbons (Fsp3) is 0.526. The van der Waals surface area contributed by atoms with Crippen LogP contribution in [0.25, 0.3) is 11.3 Å². The molecule has 2 fully saturated rings. The van der Waals surface area contributed by atoms with E-state index in [1.165, 1.54) is 12.1 Å². The van der Waals surface area contributed by atoms with Crippen molar-refractivity contribution >= 4 is 0 Å². The number of piperidine rings is 1. The molecule has 0 bridgehead atoms. The molecule has 1 saturated heterocycles. The van der Waals surface area contributed by atoms with Gasteiger partial charge in [0.25, 0.3) is 0 Å². The average Bonchev–Trinajstić information content (AvgIpc) is 3.17. The van der Waals surface area contributed by atoms with E-state index in [-0.39, 0.29) is 17.3 Å². The van der Waals surface area contributed by atoms with Gasteiger partial charge in [0.2, 0.25) is 0 Å². The Morgan fingerprint density at radius 1 is 1.25 bits per heavy atom. The predicted molar refractivity (Wildman–Crippen MR) is 90.8 cm³/mol. The third-order valence-electron chi connectivity index (χ3n) is 5.79. The molecule has 1 aromatic heterocycles. The first-order valence-corrected chi connectivity index (χ1v) is 8.85. The van der Waals surface area contributed by atoms with Crippen LogP contribution in [0.15, 0.2) is 30.5 Å². The molecular weight excluding hydrogens is 305 g/mol. The van der Waals surface area contributed by atoms with Gasteiger partial charge in [-0.2, -0.15) is 5.10 Å². The highest BCUT2D eigenvalue weighted by atomic mass is 19.1. The molecule has 0 amide bonds. The summed E-state index contributed by atoms with van der Waals surface area (Å²) < 4.78 is 13.1. The Hall–Kier alpha value is -1.72. The normalized spacial score (nSPS) is 27.8. The maximum atomic E-state index is 13.1. The van der Waals surface area contributed by atoms with Crippen LogP contribution in [0.3, 0.4) is 0 Å². The molecule has 2 heterocycles. The summed E-state index contributed by atoms with van der Waals surface area (Å²) in [6.45, 7) is 2.84. The molecule has 2 atom stereocenters. The molecule has 0 unspecified atom stereocenters. The fourth-order valence-corrected chi connectivity index (χ4v) is 4.53. The molecule has 4 rings (SSSR count). The fourth-order valence-electron chi connectivity index (χ4n) is 4.53. The third kappa shape index (κ3) is 2.87. The van der Waals surface area contributed by atoms with Crippen molar-refractivity contribution in [2.24, 2.45) is 5.41 Å². The van der Waals surface area contributed by atoms with Crippen LogP contribution in [-0.4, -0.2) is 39.4 Å². The number of aromatic amines is 1. The molecule has 128 valence electrons. The first kappa shape index (κ1) is 15.8. The van der Waals surface area contributed by atoms with E-state index in [1.807, 2.05) is 6.20 Å². The van der Waals surface area contributed by atoms with Crippen LogP contribution in [0.4, 0.5) is 4.39 Å². The molecule has 1 aliphatic heterocycles.